The van der Waals surface area contributed by atoms with Crippen molar-refractivity contribution in [3.8, 4) is 5.75 Å². The van der Waals surface area contributed by atoms with Crippen LogP contribution in [0.4, 0.5) is 0 Å². The third-order valence-electron chi connectivity index (χ3n) is 3.43. The van der Waals surface area contributed by atoms with Crippen molar-refractivity contribution in [1.82, 2.24) is 9.78 Å². The van der Waals surface area contributed by atoms with E-state index < -0.39 is 5.97 Å². The molecule has 0 aliphatic carbocycles. The molecule has 5 heteroatoms. The third-order valence-corrected chi connectivity index (χ3v) is 3.43. The monoisotopic (exact) mass is 274 g/mol. The number of hydrogen-bond acceptors (Lipinski definition) is 3. The molecular formula is C15H18N2O3. The number of hydrogen-bond donors (Lipinski definition) is 2. The van der Waals surface area contributed by atoms with Gasteiger partial charge in [0.25, 0.3) is 0 Å². The zero-order chi connectivity index (χ0) is 14.7. The lowest BCUT2D eigenvalue weighted by atomic mass is 10.1. The molecule has 5 nitrogen and oxygen atoms in total. The lowest BCUT2D eigenvalue weighted by Crippen LogP contribution is -2.05. The average molecular weight is 274 g/mol. The van der Waals surface area contributed by atoms with Gasteiger partial charge in [-0.25, -0.2) is 0 Å². The quantitative estimate of drug-likeness (QED) is 0.877. The number of aryl methyl sites for hydroxylation is 1. The molecule has 106 valence electrons. The van der Waals surface area contributed by atoms with E-state index in [9.17, 15) is 9.90 Å². The summed E-state index contributed by atoms with van der Waals surface area (Å²) in [6.07, 6.45) is 0.581. The van der Waals surface area contributed by atoms with Crippen LogP contribution >= 0.6 is 0 Å². The van der Waals surface area contributed by atoms with Gasteiger partial charge in [0.2, 0.25) is 0 Å². The Hall–Kier alpha value is -2.30. The number of carboxylic acid groups (broad SMARTS) is 1. The zero-order valence-electron chi connectivity index (χ0n) is 11.6. The number of rotatable bonds is 5. The molecule has 2 rings (SSSR count). The van der Waals surface area contributed by atoms with Gasteiger partial charge in [-0.3, -0.25) is 9.48 Å². The van der Waals surface area contributed by atoms with Crippen LogP contribution in [0.25, 0.3) is 0 Å². The Balaban J connectivity index is 2.23. The number of carbonyl (C=O) groups is 1. The molecule has 0 radical (unpaired) electrons. The van der Waals surface area contributed by atoms with Crippen LogP contribution in [0.15, 0.2) is 24.3 Å². The molecule has 1 heterocycles. The number of para-hydroxylation sites is 1. The minimum atomic E-state index is -0.808. The Morgan fingerprint density at radius 1 is 1.30 bits per heavy atom. The molecule has 0 fully saturated rings. The first-order valence-corrected chi connectivity index (χ1v) is 6.50. The van der Waals surface area contributed by atoms with Gasteiger partial charge in [-0.1, -0.05) is 18.2 Å². The van der Waals surface area contributed by atoms with Gasteiger partial charge in [-0.2, -0.15) is 5.10 Å². The fourth-order valence-electron chi connectivity index (χ4n) is 2.29. The van der Waals surface area contributed by atoms with Crippen LogP contribution in [0.3, 0.4) is 0 Å². The van der Waals surface area contributed by atoms with Gasteiger partial charge in [0.1, 0.15) is 5.75 Å². The first kappa shape index (κ1) is 14.1. The van der Waals surface area contributed by atoms with Gasteiger partial charge < -0.3 is 10.2 Å². The molecule has 1 aromatic heterocycles. The fourth-order valence-corrected chi connectivity index (χ4v) is 2.29. The van der Waals surface area contributed by atoms with Gasteiger partial charge in [0, 0.05) is 17.7 Å². The number of aromatic hydroxyl groups is 1. The summed E-state index contributed by atoms with van der Waals surface area (Å²) in [4.78, 5) is 10.7. The van der Waals surface area contributed by atoms with E-state index in [2.05, 4.69) is 5.10 Å². The highest BCUT2D eigenvalue weighted by atomic mass is 16.4. The maximum absolute atomic E-state index is 10.7. The molecule has 0 unspecified atom stereocenters. The molecule has 0 saturated carbocycles. The molecule has 0 bridgehead atoms. The molecule has 0 atom stereocenters. The number of nitrogens with zero attached hydrogens (tertiary/aromatic N) is 2. The maximum atomic E-state index is 10.7. The Kier molecular flexibility index (Phi) is 4.08. The summed E-state index contributed by atoms with van der Waals surface area (Å²) < 4.78 is 1.81. The van der Waals surface area contributed by atoms with E-state index in [1.165, 1.54) is 0 Å². The van der Waals surface area contributed by atoms with E-state index in [1.54, 1.807) is 12.1 Å². The number of aliphatic carboxylic acids is 1. The number of benzene rings is 1. The molecular weight excluding hydrogens is 256 g/mol. The smallest absolute Gasteiger partial charge is 0.303 e. The Labute approximate surface area is 117 Å². The second kappa shape index (κ2) is 5.77. The summed E-state index contributed by atoms with van der Waals surface area (Å²) in [7, 11) is 0. The largest absolute Gasteiger partial charge is 0.508 e. The van der Waals surface area contributed by atoms with Crippen LogP contribution in [0.1, 0.15) is 28.9 Å². The second-order valence-corrected chi connectivity index (χ2v) is 4.83. The number of phenols is 1. The van der Waals surface area contributed by atoms with Crippen molar-refractivity contribution in [2.45, 2.75) is 33.2 Å². The molecule has 20 heavy (non-hydrogen) atoms. The fraction of sp³-hybridized carbons (Fsp3) is 0.333. The first-order chi connectivity index (χ1) is 9.49. The van der Waals surface area contributed by atoms with Gasteiger partial charge in [0.05, 0.1) is 12.2 Å². The van der Waals surface area contributed by atoms with Crippen molar-refractivity contribution >= 4 is 5.97 Å². The van der Waals surface area contributed by atoms with Crippen molar-refractivity contribution in [2.24, 2.45) is 0 Å². The van der Waals surface area contributed by atoms with Gasteiger partial charge in [0.15, 0.2) is 0 Å². The van der Waals surface area contributed by atoms with Crippen molar-refractivity contribution in [1.29, 1.82) is 0 Å². The number of carboxylic acids is 1. The van der Waals surface area contributed by atoms with Crippen LogP contribution in [-0.4, -0.2) is 26.0 Å². The maximum Gasteiger partial charge on any atom is 0.303 e. The molecule has 0 aliphatic rings. The van der Waals surface area contributed by atoms with Crippen LogP contribution in [-0.2, 0) is 17.8 Å². The Bertz CT molecular complexity index is 632. The highest BCUT2D eigenvalue weighted by Gasteiger charge is 2.13. The zero-order valence-corrected chi connectivity index (χ0v) is 11.6. The standard InChI is InChI=1S/C15H18N2O3/c1-10-13(7-8-15(19)20)11(2)17(16-10)9-12-5-3-4-6-14(12)18/h3-6,18H,7-9H2,1-2H3,(H,19,20). The first-order valence-electron chi connectivity index (χ1n) is 6.50. The molecule has 2 aromatic rings. The van der Waals surface area contributed by atoms with Crippen LogP contribution < -0.4 is 0 Å². The van der Waals surface area contributed by atoms with E-state index in [-0.39, 0.29) is 12.2 Å². The predicted octanol–water partition coefficient (Wildman–Crippen LogP) is 2.27. The van der Waals surface area contributed by atoms with E-state index >= 15 is 0 Å². The van der Waals surface area contributed by atoms with Gasteiger partial charge >= 0.3 is 5.97 Å². The molecule has 1 aromatic carbocycles. The highest BCUT2D eigenvalue weighted by molar-refractivity contribution is 5.67. The lowest BCUT2D eigenvalue weighted by molar-refractivity contribution is -0.136. The Morgan fingerprint density at radius 2 is 2.00 bits per heavy atom. The summed E-state index contributed by atoms with van der Waals surface area (Å²) >= 11 is 0. The van der Waals surface area contributed by atoms with E-state index in [0.29, 0.717) is 13.0 Å². The topological polar surface area (TPSA) is 75.3 Å². The molecule has 0 spiro atoms. The van der Waals surface area contributed by atoms with Crippen molar-refractivity contribution in [3.05, 3.63) is 46.8 Å². The third kappa shape index (κ3) is 2.99. The predicted molar refractivity (Wildman–Crippen MR) is 74.9 cm³/mol. The second-order valence-electron chi connectivity index (χ2n) is 4.83. The van der Waals surface area contributed by atoms with Crippen LogP contribution in [0.5, 0.6) is 5.75 Å². The lowest BCUT2D eigenvalue weighted by Gasteiger charge is -2.07. The summed E-state index contributed by atoms with van der Waals surface area (Å²) in [5, 5.41) is 23.0. The van der Waals surface area contributed by atoms with Crippen molar-refractivity contribution < 1.29 is 15.0 Å². The van der Waals surface area contributed by atoms with E-state index in [0.717, 1.165) is 22.5 Å². The summed E-state index contributed by atoms with van der Waals surface area (Å²) in [6, 6.07) is 7.14. The van der Waals surface area contributed by atoms with Gasteiger partial charge in [-0.15, -0.1) is 0 Å². The summed E-state index contributed by atoms with van der Waals surface area (Å²) in [5.41, 5.74) is 3.57. The van der Waals surface area contributed by atoms with Crippen molar-refractivity contribution in [3.63, 3.8) is 0 Å². The van der Waals surface area contributed by atoms with Crippen LogP contribution in [0.2, 0.25) is 0 Å². The van der Waals surface area contributed by atoms with Crippen molar-refractivity contribution in [2.75, 3.05) is 0 Å². The minimum Gasteiger partial charge on any atom is -0.508 e. The Morgan fingerprint density at radius 3 is 2.65 bits per heavy atom. The van der Waals surface area contributed by atoms with E-state index in [4.69, 9.17) is 5.11 Å². The van der Waals surface area contributed by atoms with E-state index in [1.807, 2.05) is 30.7 Å². The highest BCUT2D eigenvalue weighted by Crippen LogP contribution is 2.20. The van der Waals surface area contributed by atoms with Gasteiger partial charge in [-0.05, 0) is 31.9 Å². The summed E-state index contributed by atoms with van der Waals surface area (Å²) in [5.74, 6) is -0.565. The number of phenolic OH excluding ortho intramolecular Hbond substituents is 1. The van der Waals surface area contributed by atoms with Crippen LogP contribution in [0, 0.1) is 13.8 Å². The normalized spacial score (nSPS) is 10.7. The summed E-state index contributed by atoms with van der Waals surface area (Å²) in [6.45, 7) is 4.29. The number of aromatic nitrogens is 2. The molecule has 0 aliphatic heterocycles. The minimum absolute atomic E-state index is 0.101. The molecule has 2 N–H and O–H groups in total. The molecule has 0 saturated heterocycles. The molecule has 0 amide bonds. The SMILES string of the molecule is Cc1nn(Cc2ccccc2O)c(C)c1CCC(=O)O. The average Bonchev–Trinajstić information content (AvgIpc) is 2.65.